The van der Waals surface area contributed by atoms with E-state index in [1.165, 1.54) is 6.33 Å². The zero-order chi connectivity index (χ0) is 12.6. The molecular formula is C11H19N5O. The lowest BCUT2D eigenvalue weighted by Gasteiger charge is -2.29. The minimum atomic E-state index is -0.195. The van der Waals surface area contributed by atoms with Crippen molar-refractivity contribution >= 4 is 5.91 Å². The minimum absolute atomic E-state index is 0.100. The number of hydrogen-bond donors (Lipinski definition) is 1. The summed E-state index contributed by atoms with van der Waals surface area (Å²) in [5.41, 5.74) is 6.07. The van der Waals surface area contributed by atoms with E-state index in [1.807, 2.05) is 25.7 Å². The van der Waals surface area contributed by atoms with Crippen molar-refractivity contribution in [2.45, 2.75) is 51.9 Å². The molecule has 6 heteroatoms. The van der Waals surface area contributed by atoms with Crippen molar-refractivity contribution in [3.63, 3.8) is 0 Å². The molecule has 17 heavy (non-hydrogen) atoms. The lowest BCUT2D eigenvalue weighted by atomic mass is 10.1. The van der Waals surface area contributed by atoms with E-state index in [0.29, 0.717) is 6.42 Å². The second-order valence-electron chi connectivity index (χ2n) is 4.64. The second-order valence-corrected chi connectivity index (χ2v) is 4.64. The lowest BCUT2D eigenvalue weighted by Crippen LogP contribution is -2.39. The molecule has 1 saturated heterocycles. The first-order chi connectivity index (χ1) is 8.06. The first-order valence-corrected chi connectivity index (χ1v) is 6.00. The van der Waals surface area contributed by atoms with Gasteiger partial charge in [-0.3, -0.25) is 4.79 Å². The summed E-state index contributed by atoms with van der Waals surface area (Å²) >= 11 is 0. The summed E-state index contributed by atoms with van der Waals surface area (Å²) in [5, 5.41) is 4.14. The van der Waals surface area contributed by atoms with Crippen LogP contribution in [0.2, 0.25) is 0 Å². The Hall–Kier alpha value is -1.43. The molecule has 1 aromatic heterocycles. The van der Waals surface area contributed by atoms with Crippen molar-refractivity contribution in [1.29, 1.82) is 0 Å². The van der Waals surface area contributed by atoms with Crippen LogP contribution in [0.3, 0.4) is 0 Å². The van der Waals surface area contributed by atoms with E-state index in [0.717, 1.165) is 12.4 Å². The van der Waals surface area contributed by atoms with Crippen LogP contribution < -0.4 is 5.73 Å². The maximum atomic E-state index is 11.9. The molecule has 94 valence electrons. The molecule has 1 amide bonds. The topological polar surface area (TPSA) is 77.0 Å². The van der Waals surface area contributed by atoms with Gasteiger partial charge in [-0.05, 0) is 20.8 Å². The molecule has 2 heterocycles. The van der Waals surface area contributed by atoms with Crippen molar-refractivity contribution in [3.8, 4) is 0 Å². The van der Waals surface area contributed by atoms with Crippen LogP contribution in [0.4, 0.5) is 0 Å². The molecule has 6 nitrogen and oxygen atoms in total. The van der Waals surface area contributed by atoms with Gasteiger partial charge in [0.2, 0.25) is 5.91 Å². The lowest BCUT2D eigenvalue weighted by molar-refractivity contribution is -0.130. The van der Waals surface area contributed by atoms with E-state index in [9.17, 15) is 4.79 Å². The average molecular weight is 237 g/mol. The number of nitrogens with zero attached hydrogens (tertiary/aromatic N) is 4. The monoisotopic (exact) mass is 237 g/mol. The number of carbonyl (C=O) groups excluding carboxylic acids is 1. The van der Waals surface area contributed by atoms with Crippen molar-refractivity contribution < 1.29 is 4.79 Å². The molecule has 0 saturated carbocycles. The summed E-state index contributed by atoms with van der Waals surface area (Å²) in [6.45, 7) is 6.73. The molecule has 0 spiro atoms. The second kappa shape index (κ2) is 4.44. The Balaban J connectivity index is 2.38. The fraction of sp³-hybridized carbons (Fsp3) is 0.727. The van der Waals surface area contributed by atoms with Gasteiger partial charge in [0, 0.05) is 25.0 Å². The highest BCUT2D eigenvalue weighted by Crippen LogP contribution is 2.32. The SMILES string of the molecule is CCn1ncnc1C1C(N)CC(=O)N1C(C)C. The van der Waals surface area contributed by atoms with Gasteiger partial charge in [-0.25, -0.2) is 9.67 Å². The molecule has 2 rings (SSSR count). The Morgan fingerprint density at radius 3 is 2.88 bits per heavy atom. The van der Waals surface area contributed by atoms with Crippen molar-refractivity contribution in [2.75, 3.05) is 0 Å². The highest BCUT2D eigenvalue weighted by atomic mass is 16.2. The van der Waals surface area contributed by atoms with Crippen LogP contribution in [0.25, 0.3) is 0 Å². The molecule has 0 aliphatic carbocycles. The summed E-state index contributed by atoms with van der Waals surface area (Å²) in [6.07, 6.45) is 1.91. The third kappa shape index (κ3) is 1.93. The first kappa shape index (κ1) is 12.0. The van der Waals surface area contributed by atoms with Crippen LogP contribution in [0.5, 0.6) is 0 Å². The molecule has 1 aromatic rings. The number of nitrogens with two attached hydrogens (primary N) is 1. The highest BCUT2D eigenvalue weighted by molar-refractivity contribution is 5.80. The van der Waals surface area contributed by atoms with Crippen LogP contribution in [-0.4, -0.2) is 37.7 Å². The number of aryl methyl sites for hydroxylation is 1. The molecule has 1 aliphatic rings. The minimum Gasteiger partial charge on any atom is -0.328 e. The van der Waals surface area contributed by atoms with Gasteiger partial charge in [0.05, 0.1) is 0 Å². The van der Waals surface area contributed by atoms with E-state index in [2.05, 4.69) is 10.1 Å². The number of aromatic nitrogens is 3. The Kier molecular flexibility index (Phi) is 3.15. The van der Waals surface area contributed by atoms with E-state index >= 15 is 0 Å². The first-order valence-electron chi connectivity index (χ1n) is 6.00. The fourth-order valence-electron chi connectivity index (χ4n) is 2.45. The normalized spacial score (nSPS) is 25.0. The number of hydrogen-bond acceptors (Lipinski definition) is 4. The third-order valence-corrected chi connectivity index (χ3v) is 3.17. The summed E-state index contributed by atoms with van der Waals surface area (Å²) in [7, 11) is 0. The van der Waals surface area contributed by atoms with Crippen molar-refractivity contribution in [3.05, 3.63) is 12.2 Å². The highest BCUT2D eigenvalue weighted by Gasteiger charge is 2.42. The third-order valence-electron chi connectivity index (χ3n) is 3.17. The molecule has 1 fully saturated rings. The maximum absolute atomic E-state index is 11.9. The standard InChI is InChI=1S/C11H19N5O/c1-4-15-11(13-6-14-15)10-8(12)5-9(17)16(10)7(2)3/h6-8,10H,4-5,12H2,1-3H3. The van der Waals surface area contributed by atoms with E-state index < -0.39 is 0 Å². The number of rotatable bonds is 3. The van der Waals surface area contributed by atoms with E-state index in [1.54, 1.807) is 4.68 Å². The zero-order valence-electron chi connectivity index (χ0n) is 10.5. The molecule has 0 bridgehead atoms. The number of likely N-dealkylation sites (tertiary alicyclic amines) is 1. The van der Waals surface area contributed by atoms with Gasteiger partial charge in [-0.2, -0.15) is 5.10 Å². The Bertz CT molecular complexity index is 414. The smallest absolute Gasteiger partial charge is 0.225 e. The molecule has 2 atom stereocenters. The number of carbonyl (C=O) groups is 1. The number of amides is 1. The van der Waals surface area contributed by atoms with Gasteiger partial charge in [0.25, 0.3) is 0 Å². The maximum Gasteiger partial charge on any atom is 0.225 e. The van der Waals surface area contributed by atoms with Crippen molar-refractivity contribution in [1.82, 2.24) is 19.7 Å². The summed E-state index contributed by atoms with van der Waals surface area (Å²) in [4.78, 5) is 18.0. The van der Waals surface area contributed by atoms with Gasteiger partial charge in [-0.1, -0.05) is 0 Å². The Labute approximate surface area is 101 Å². The molecule has 2 unspecified atom stereocenters. The Morgan fingerprint density at radius 1 is 1.59 bits per heavy atom. The largest absolute Gasteiger partial charge is 0.328 e. The van der Waals surface area contributed by atoms with E-state index in [4.69, 9.17) is 5.73 Å². The predicted octanol–water partition coefficient (Wildman–Crippen LogP) is 0.307. The van der Waals surface area contributed by atoms with Gasteiger partial charge in [0.15, 0.2) is 5.82 Å². The molecule has 2 N–H and O–H groups in total. The van der Waals surface area contributed by atoms with Gasteiger partial charge in [0.1, 0.15) is 12.4 Å². The quantitative estimate of drug-likeness (QED) is 0.820. The zero-order valence-corrected chi connectivity index (χ0v) is 10.5. The van der Waals surface area contributed by atoms with Crippen LogP contribution in [0.1, 0.15) is 39.1 Å². The Morgan fingerprint density at radius 2 is 2.29 bits per heavy atom. The summed E-state index contributed by atoms with van der Waals surface area (Å²) < 4.78 is 1.80. The van der Waals surface area contributed by atoms with Crippen LogP contribution in [-0.2, 0) is 11.3 Å². The molecular weight excluding hydrogens is 218 g/mol. The van der Waals surface area contributed by atoms with Gasteiger partial charge >= 0.3 is 0 Å². The fourth-order valence-corrected chi connectivity index (χ4v) is 2.45. The molecule has 0 radical (unpaired) electrons. The average Bonchev–Trinajstić information content (AvgIpc) is 2.81. The van der Waals surface area contributed by atoms with Crippen LogP contribution >= 0.6 is 0 Å². The molecule has 0 aromatic carbocycles. The van der Waals surface area contributed by atoms with Crippen molar-refractivity contribution in [2.24, 2.45) is 5.73 Å². The predicted molar refractivity (Wildman–Crippen MR) is 63.0 cm³/mol. The van der Waals surface area contributed by atoms with Crippen LogP contribution in [0, 0.1) is 0 Å². The van der Waals surface area contributed by atoms with E-state index in [-0.39, 0.29) is 24.0 Å². The summed E-state index contributed by atoms with van der Waals surface area (Å²) in [5.74, 6) is 0.891. The summed E-state index contributed by atoms with van der Waals surface area (Å²) in [6, 6.07) is -0.215. The van der Waals surface area contributed by atoms with Crippen LogP contribution in [0.15, 0.2) is 6.33 Å². The van der Waals surface area contributed by atoms with Gasteiger partial charge in [-0.15, -0.1) is 0 Å². The van der Waals surface area contributed by atoms with Gasteiger partial charge < -0.3 is 10.6 Å². The molecule has 1 aliphatic heterocycles.